The zero-order chi connectivity index (χ0) is 39.2. The van der Waals surface area contributed by atoms with Crippen LogP contribution in [0.4, 0.5) is 9.18 Å². The van der Waals surface area contributed by atoms with Crippen molar-refractivity contribution in [2.75, 3.05) is 13.7 Å². The quantitative estimate of drug-likeness (QED) is 0.226. The number of ether oxygens (including phenoxy) is 2. The van der Waals surface area contributed by atoms with Gasteiger partial charge in [0.05, 0.1) is 18.9 Å². The van der Waals surface area contributed by atoms with E-state index >= 15 is 0 Å². The van der Waals surface area contributed by atoms with Gasteiger partial charge in [-0.25, -0.2) is 22.6 Å². The molecule has 2 aromatic heterocycles. The van der Waals surface area contributed by atoms with Gasteiger partial charge in [-0.2, -0.15) is 4.98 Å². The normalized spacial score (nSPS) is 25.7. The second-order valence-corrected chi connectivity index (χ2v) is 16.8. The van der Waals surface area contributed by atoms with Crippen molar-refractivity contribution in [3.05, 3.63) is 66.5 Å². The number of allylic oxidation sites excluding steroid dienone is 1. The summed E-state index contributed by atoms with van der Waals surface area (Å²) in [6.45, 7) is -0.119. The van der Waals surface area contributed by atoms with Gasteiger partial charge in [0.1, 0.15) is 40.6 Å². The minimum Gasteiger partial charge on any atom is -0.470 e. The maximum atomic E-state index is 14.4. The second-order valence-electron chi connectivity index (χ2n) is 14.8. The van der Waals surface area contributed by atoms with Crippen LogP contribution in [0.3, 0.4) is 0 Å². The Kier molecular flexibility index (Phi) is 9.88. The molecular weight excluding hydrogens is 748 g/mol. The first-order valence-electron chi connectivity index (χ1n) is 18.8. The predicted octanol–water partition coefficient (Wildman–Crippen LogP) is 4.26. The highest BCUT2D eigenvalue weighted by Crippen LogP contribution is 2.46. The summed E-state index contributed by atoms with van der Waals surface area (Å²) in [7, 11) is -2.74. The van der Waals surface area contributed by atoms with Gasteiger partial charge in [0.2, 0.25) is 27.4 Å². The lowest BCUT2D eigenvalue weighted by Crippen LogP contribution is -2.58. The number of carbonyl (C=O) groups is 4. The maximum Gasteiger partial charge on any atom is 0.407 e. The van der Waals surface area contributed by atoms with Gasteiger partial charge in [0.15, 0.2) is 5.82 Å². The summed E-state index contributed by atoms with van der Waals surface area (Å²) in [6, 6.07) is 10.6. The zero-order valence-electron chi connectivity index (χ0n) is 30.5. The molecule has 15 nitrogen and oxygen atoms in total. The molecule has 2 saturated carbocycles. The van der Waals surface area contributed by atoms with Crippen molar-refractivity contribution in [3.63, 3.8) is 0 Å². The maximum absolute atomic E-state index is 14.4. The Bertz CT molecular complexity index is 2350. The first-order chi connectivity index (χ1) is 27.0. The van der Waals surface area contributed by atoms with Gasteiger partial charge in [-0.15, -0.1) is 0 Å². The Morgan fingerprint density at radius 2 is 1.82 bits per heavy atom. The number of sulfonamides is 1. The zero-order valence-corrected chi connectivity index (χ0v) is 31.3. The number of para-hydroxylation sites is 1. The van der Waals surface area contributed by atoms with E-state index in [0.717, 1.165) is 12.8 Å². The lowest BCUT2D eigenvalue weighted by Gasteiger charge is -2.29. The highest BCUT2D eigenvalue weighted by Gasteiger charge is 2.62. The van der Waals surface area contributed by atoms with E-state index < -0.39 is 74.5 Å². The Balaban J connectivity index is 1.15. The monoisotopic (exact) mass is 788 g/mol. The number of fused-ring (bicyclic) bond motifs is 5. The smallest absolute Gasteiger partial charge is 0.407 e. The predicted molar refractivity (Wildman–Crippen MR) is 200 cm³/mol. The van der Waals surface area contributed by atoms with Crippen LogP contribution in [0.5, 0.6) is 5.88 Å². The SMILES string of the molecule is COC(=O)N[C@H]1CCCCCC=C[C@@H]2C[C@@]2(C(=O)NS(=O)(=O)C2CC2)NC(=O)[C@@H]2C[C@@H](Oc3nc(-c4ccc(F)cc4)nc4c3oc3ccccc34)CN2C1=O. The first kappa shape index (κ1) is 37.3. The summed E-state index contributed by atoms with van der Waals surface area (Å²) in [5.41, 5.74) is 0.140. The van der Waals surface area contributed by atoms with Crippen molar-refractivity contribution in [1.29, 1.82) is 0 Å². The molecule has 5 atom stereocenters. The van der Waals surface area contributed by atoms with Crippen molar-refractivity contribution < 1.29 is 45.9 Å². The van der Waals surface area contributed by atoms with Gasteiger partial charge in [0, 0.05) is 23.3 Å². The standard InChI is InChI=1S/C39H41FN6O9S/c1-53-38(50)41-28-11-6-4-2-3-5-9-23-20-39(23,37(49)45-56(51,52)26-17-18-26)44-34(47)29-19-25(21-46(29)36(28)48)54-35-32-31(27-10-7-8-12-30(27)55-32)42-33(43-35)22-13-15-24(40)16-14-22/h5,7-10,12-16,23,25-26,28-29H,2-4,6,11,17-21H2,1H3,(H,41,50)(H,44,47)(H,45,49)/t23-,25-,28+,29+,39-/m1/s1. The van der Waals surface area contributed by atoms with Crippen molar-refractivity contribution in [3.8, 4) is 17.3 Å². The molecule has 4 amide bonds. The molecule has 0 radical (unpaired) electrons. The fraction of sp³-hybridized carbons (Fsp3) is 0.436. The van der Waals surface area contributed by atoms with Gasteiger partial charge in [-0.05, 0) is 74.9 Å². The van der Waals surface area contributed by atoms with E-state index in [0.29, 0.717) is 47.7 Å². The third kappa shape index (κ3) is 7.39. The Morgan fingerprint density at radius 3 is 2.59 bits per heavy atom. The number of nitrogens with zero attached hydrogens (tertiary/aromatic N) is 3. The largest absolute Gasteiger partial charge is 0.470 e. The van der Waals surface area contributed by atoms with Crippen LogP contribution in [0.1, 0.15) is 57.8 Å². The minimum atomic E-state index is -3.93. The molecule has 4 aromatic rings. The number of hydrogen-bond acceptors (Lipinski definition) is 11. The Labute approximate surface area is 321 Å². The average molecular weight is 789 g/mol. The molecule has 1 saturated heterocycles. The molecule has 17 heteroatoms. The fourth-order valence-corrected chi connectivity index (χ4v) is 8.94. The van der Waals surface area contributed by atoms with Crippen molar-refractivity contribution in [2.45, 2.75) is 86.8 Å². The fourth-order valence-electron chi connectivity index (χ4n) is 7.58. The number of halogens is 1. The highest BCUT2D eigenvalue weighted by molar-refractivity contribution is 7.91. The summed E-state index contributed by atoms with van der Waals surface area (Å²) < 4.78 is 59.3. The number of methoxy groups -OCH3 is 1. The lowest BCUT2D eigenvalue weighted by atomic mass is 10.1. The average Bonchev–Trinajstić information content (AvgIpc) is 4.08. The van der Waals surface area contributed by atoms with Crippen molar-refractivity contribution >= 4 is 55.9 Å². The van der Waals surface area contributed by atoms with Crippen molar-refractivity contribution in [1.82, 2.24) is 30.2 Å². The summed E-state index contributed by atoms with van der Waals surface area (Å²) in [4.78, 5) is 65.7. The van der Waals surface area contributed by atoms with Crippen LogP contribution in [0.15, 0.2) is 65.1 Å². The molecule has 2 aliphatic carbocycles. The van der Waals surface area contributed by atoms with Gasteiger partial charge in [-0.1, -0.05) is 37.1 Å². The summed E-state index contributed by atoms with van der Waals surface area (Å²) in [5, 5.41) is 5.49. The van der Waals surface area contributed by atoms with Crippen LogP contribution >= 0.6 is 0 Å². The van der Waals surface area contributed by atoms with E-state index in [2.05, 4.69) is 20.3 Å². The molecule has 4 aliphatic rings. The number of benzene rings is 2. The number of furan rings is 1. The van der Waals surface area contributed by atoms with E-state index in [9.17, 15) is 32.0 Å². The van der Waals surface area contributed by atoms with Crippen LogP contribution in [-0.2, 0) is 29.1 Å². The van der Waals surface area contributed by atoms with Gasteiger partial charge < -0.3 is 29.4 Å². The van der Waals surface area contributed by atoms with Crippen LogP contribution in [0.25, 0.3) is 33.5 Å². The summed E-state index contributed by atoms with van der Waals surface area (Å²) in [5.74, 6) is -2.71. The lowest BCUT2D eigenvalue weighted by molar-refractivity contribution is -0.141. The van der Waals surface area contributed by atoms with Gasteiger partial charge >= 0.3 is 6.09 Å². The van der Waals surface area contributed by atoms with Crippen LogP contribution in [0.2, 0.25) is 0 Å². The minimum absolute atomic E-state index is 0.0314. The Morgan fingerprint density at radius 1 is 1.04 bits per heavy atom. The molecule has 294 valence electrons. The number of nitrogens with one attached hydrogen (secondary N) is 3. The second kappa shape index (κ2) is 14.8. The van der Waals surface area contributed by atoms with Crippen molar-refractivity contribution in [2.24, 2.45) is 5.92 Å². The molecule has 4 heterocycles. The third-order valence-electron chi connectivity index (χ3n) is 10.9. The number of hydrogen-bond donors (Lipinski definition) is 3. The molecule has 0 bridgehead atoms. The molecule has 0 unspecified atom stereocenters. The summed E-state index contributed by atoms with van der Waals surface area (Å²) in [6.07, 6.45) is 6.13. The molecule has 3 fully saturated rings. The third-order valence-corrected chi connectivity index (χ3v) is 12.7. The van der Waals surface area contributed by atoms with E-state index in [-0.39, 0.29) is 43.1 Å². The van der Waals surface area contributed by atoms with Crippen LogP contribution in [-0.4, -0.2) is 89.7 Å². The first-order valence-corrected chi connectivity index (χ1v) is 20.3. The van der Waals surface area contributed by atoms with E-state index in [1.165, 1.54) is 36.3 Å². The molecule has 8 rings (SSSR count). The molecular formula is C39H41FN6O9S. The Hall–Kier alpha value is -5.58. The number of aromatic nitrogens is 2. The van der Waals surface area contributed by atoms with Crippen LogP contribution in [0, 0.1) is 11.7 Å². The number of alkyl carbamates (subject to hydrolysis) is 1. The van der Waals surface area contributed by atoms with E-state index in [1.54, 1.807) is 12.1 Å². The summed E-state index contributed by atoms with van der Waals surface area (Å²) >= 11 is 0. The van der Waals surface area contributed by atoms with Crippen LogP contribution < -0.4 is 20.1 Å². The highest BCUT2D eigenvalue weighted by atomic mass is 32.2. The van der Waals surface area contributed by atoms with Gasteiger partial charge in [0.25, 0.3) is 11.8 Å². The van der Waals surface area contributed by atoms with Gasteiger partial charge in [-0.3, -0.25) is 19.1 Å². The van der Waals surface area contributed by atoms with E-state index in [1.807, 2.05) is 24.3 Å². The number of amides is 4. The molecule has 3 N–H and O–H groups in total. The molecule has 2 aliphatic heterocycles. The molecule has 56 heavy (non-hydrogen) atoms. The topological polar surface area (TPSA) is 199 Å². The number of rotatable bonds is 7. The molecule has 0 spiro atoms. The molecule has 2 aromatic carbocycles. The number of carbonyl (C=O) groups excluding carboxylic acids is 4. The van der Waals surface area contributed by atoms with E-state index in [4.69, 9.17) is 18.9 Å².